The third-order valence-corrected chi connectivity index (χ3v) is 3.73. The number of nitrogens with zero attached hydrogens (tertiary/aromatic N) is 3. The highest BCUT2D eigenvalue weighted by Gasteiger charge is 2.23. The predicted molar refractivity (Wildman–Crippen MR) is 79.0 cm³/mol. The highest BCUT2D eigenvalue weighted by atomic mass is 16.5. The summed E-state index contributed by atoms with van der Waals surface area (Å²) >= 11 is 0. The van der Waals surface area contributed by atoms with E-state index in [0.717, 1.165) is 29.9 Å². The van der Waals surface area contributed by atoms with Crippen LogP contribution in [0.3, 0.4) is 0 Å². The van der Waals surface area contributed by atoms with Gasteiger partial charge in [0.2, 0.25) is 0 Å². The van der Waals surface area contributed by atoms with Crippen LogP contribution in [0, 0.1) is 25.2 Å². The monoisotopic (exact) mass is 288 g/mol. The van der Waals surface area contributed by atoms with E-state index in [0.29, 0.717) is 18.7 Å². The molecule has 1 amide bonds. The quantitative estimate of drug-likeness (QED) is 0.902. The van der Waals surface area contributed by atoms with Gasteiger partial charge in [0, 0.05) is 24.8 Å². The van der Waals surface area contributed by atoms with Gasteiger partial charge in [-0.1, -0.05) is 0 Å². The van der Waals surface area contributed by atoms with E-state index in [9.17, 15) is 10.1 Å². The number of carbonyl (C=O) groups is 1. The number of hydrogen-bond donors (Lipinski definition) is 1. The Morgan fingerprint density at radius 1 is 1.48 bits per heavy atom. The van der Waals surface area contributed by atoms with Crippen molar-refractivity contribution in [2.24, 2.45) is 0 Å². The second-order valence-electron chi connectivity index (χ2n) is 5.26. The molecule has 21 heavy (non-hydrogen) atoms. The first kappa shape index (κ1) is 15.1. The fourth-order valence-corrected chi connectivity index (χ4v) is 2.64. The average molecular weight is 288 g/mol. The van der Waals surface area contributed by atoms with Crippen LogP contribution in [0.15, 0.2) is 6.07 Å². The number of carbonyl (C=O) groups excluding carboxylic acids is 1. The zero-order valence-electron chi connectivity index (χ0n) is 12.6. The van der Waals surface area contributed by atoms with Crippen LogP contribution in [0.5, 0.6) is 0 Å². The maximum Gasteiger partial charge on any atom is 0.409 e. The normalized spacial score (nSPS) is 15.4. The molecule has 1 aliphatic heterocycles. The molecule has 1 aromatic rings. The number of anilines is 1. The van der Waals surface area contributed by atoms with Gasteiger partial charge < -0.3 is 15.0 Å². The number of amides is 1. The molecular weight excluding hydrogens is 268 g/mol. The Morgan fingerprint density at radius 2 is 2.14 bits per heavy atom. The van der Waals surface area contributed by atoms with E-state index < -0.39 is 0 Å². The summed E-state index contributed by atoms with van der Waals surface area (Å²) in [5.41, 5.74) is 3.06. The lowest BCUT2D eigenvalue weighted by Crippen LogP contribution is -2.42. The summed E-state index contributed by atoms with van der Waals surface area (Å²) in [5, 5.41) is 12.7. The number of methoxy groups -OCH3 is 1. The summed E-state index contributed by atoms with van der Waals surface area (Å²) in [4.78, 5) is 17.5. The van der Waals surface area contributed by atoms with Gasteiger partial charge >= 0.3 is 6.09 Å². The molecule has 0 spiro atoms. The second kappa shape index (κ2) is 6.44. The number of aromatic nitrogens is 1. The third-order valence-electron chi connectivity index (χ3n) is 3.73. The first-order chi connectivity index (χ1) is 10.0. The Labute approximate surface area is 124 Å². The summed E-state index contributed by atoms with van der Waals surface area (Å²) in [5.74, 6) is 0. The molecule has 1 aliphatic rings. The third kappa shape index (κ3) is 3.43. The molecule has 0 unspecified atom stereocenters. The van der Waals surface area contributed by atoms with Crippen molar-refractivity contribution in [2.75, 3.05) is 25.5 Å². The summed E-state index contributed by atoms with van der Waals surface area (Å²) in [7, 11) is 1.40. The lowest BCUT2D eigenvalue weighted by molar-refractivity contribution is 0.113. The number of hydrogen-bond acceptors (Lipinski definition) is 5. The average Bonchev–Trinajstić information content (AvgIpc) is 2.47. The smallest absolute Gasteiger partial charge is 0.409 e. The summed E-state index contributed by atoms with van der Waals surface area (Å²) in [6.45, 7) is 5.08. The van der Waals surface area contributed by atoms with E-state index in [-0.39, 0.29) is 12.1 Å². The summed E-state index contributed by atoms with van der Waals surface area (Å²) in [6, 6.07) is 4.36. The minimum absolute atomic E-state index is 0.249. The first-order valence-electron chi connectivity index (χ1n) is 7.03. The van der Waals surface area contributed by atoms with Crippen molar-refractivity contribution >= 4 is 11.8 Å². The topological polar surface area (TPSA) is 78.2 Å². The molecular formula is C15H20N4O2. The van der Waals surface area contributed by atoms with Crippen LogP contribution in [0.1, 0.15) is 29.8 Å². The summed E-state index contributed by atoms with van der Waals surface area (Å²) in [6.07, 6.45) is 1.39. The van der Waals surface area contributed by atoms with Crippen LogP contribution < -0.4 is 5.32 Å². The molecule has 2 rings (SSSR count). The highest BCUT2D eigenvalue weighted by molar-refractivity contribution is 5.67. The van der Waals surface area contributed by atoms with Crippen LogP contribution >= 0.6 is 0 Å². The van der Waals surface area contributed by atoms with Crippen LogP contribution in [-0.4, -0.2) is 42.2 Å². The molecule has 112 valence electrons. The van der Waals surface area contributed by atoms with Crippen molar-refractivity contribution in [1.29, 1.82) is 5.26 Å². The molecule has 1 aromatic heterocycles. The van der Waals surface area contributed by atoms with Crippen molar-refractivity contribution in [1.82, 2.24) is 9.88 Å². The Balaban J connectivity index is 2.04. The van der Waals surface area contributed by atoms with Crippen molar-refractivity contribution in [3.63, 3.8) is 0 Å². The number of nitriles is 1. The van der Waals surface area contributed by atoms with Crippen molar-refractivity contribution in [3.8, 4) is 6.07 Å². The number of aryl methyl sites for hydroxylation is 2. The molecule has 0 aliphatic carbocycles. The predicted octanol–water partition coefficient (Wildman–Crippen LogP) is 2.21. The Morgan fingerprint density at radius 3 is 2.71 bits per heavy atom. The van der Waals surface area contributed by atoms with Gasteiger partial charge in [-0.15, -0.1) is 0 Å². The van der Waals surface area contributed by atoms with Crippen LogP contribution in [-0.2, 0) is 4.74 Å². The second-order valence-corrected chi connectivity index (χ2v) is 5.26. The van der Waals surface area contributed by atoms with Crippen molar-refractivity contribution < 1.29 is 9.53 Å². The zero-order valence-corrected chi connectivity index (χ0v) is 12.6. The van der Waals surface area contributed by atoms with Crippen LogP contribution in [0.2, 0.25) is 0 Å². The fraction of sp³-hybridized carbons (Fsp3) is 0.533. The number of piperidine rings is 1. The first-order valence-corrected chi connectivity index (χ1v) is 7.03. The van der Waals surface area contributed by atoms with E-state index in [1.807, 2.05) is 19.9 Å². The lowest BCUT2D eigenvalue weighted by Gasteiger charge is -2.32. The van der Waals surface area contributed by atoms with Gasteiger partial charge in [0.1, 0.15) is 6.07 Å². The molecule has 1 saturated heterocycles. The highest BCUT2D eigenvalue weighted by Crippen LogP contribution is 2.22. The van der Waals surface area contributed by atoms with Gasteiger partial charge in [0.25, 0.3) is 0 Å². The Kier molecular flexibility index (Phi) is 4.63. The minimum Gasteiger partial charge on any atom is -0.453 e. The van der Waals surface area contributed by atoms with Gasteiger partial charge in [-0.3, -0.25) is 4.98 Å². The number of rotatable bonds is 2. The number of pyridine rings is 1. The SMILES string of the molecule is COC(=O)N1CCC(Nc2cc(C)nc(C)c2C#N)CC1. The number of ether oxygens (including phenoxy) is 1. The molecule has 0 saturated carbocycles. The van der Waals surface area contributed by atoms with E-state index >= 15 is 0 Å². The zero-order chi connectivity index (χ0) is 15.4. The van der Waals surface area contributed by atoms with Crippen LogP contribution in [0.4, 0.5) is 10.5 Å². The lowest BCUT2D eigenvalue weighted by atomic mass is 10.0. The van der Waals surface area contributed by atoms with Crippen LogP contribution in [0.25, 0.3) is 0 Å². The number of nitrogens with one attached hydrogen (secondary N) is 1. The molecule has 0 atom stereocenters. The molecule has 6 heteroatoms. The molecule has 0 radical (unpaired) electrons. The fourth-order valence-electron chi connectivity index (χ4n) is 2.64. The molecule has 2 heterocycles. The maximum atomic E-state index is 11.5. The van der Waals surface area contributed by atoms with Gasteiger partial charge in [0.05, 0.1) is 24.1 Å². The number of likely N-dealkylation sites (tertiary alicyclic amines) is 1. The minimum atomic E-state index is -0.276. The largest absolute Gasteiger partial charge is 0.453 e. The Bertz CT molecular complexity index is 572. The van der Waals surface area contributed by atoms with Gasteiger partial charge in [-0.25, -0.2) is 4.79 Å². The summed E-state index contributed by atoms with van der Waals surface area (Å²) < 4.78 is 4.73. The molecule has 0 bridgehead atoms. The molecule has 1 N–H and O–H groups in total. The van der Waals surface area contributed by atoms with Crippen molar-refractivity contribution in [2.45, 2.75) is 32.7 Å². The van der Waals surface area contributed by atoms with E-state index in [1.165, 1.54) is 7.11 Å². The Hall–Kier alpha value is -2.29. The standard InChI is InChI=1S/C15H20N4O2/c1-10-8-14(13(9-16)11(2)17-10)18-12-4-6-19(7-5-12)15(20)21-3/h8,12H,4-7H2,1-3H3,(H,17,18). The van der Waals surface area contributed by atoms with E-state index in [1.54, 1.807) is 4.90 Å². The van der Waals surface area contributed by atoms with Gasteiger partial charge in [-0.2, -0.15) is 5.26 Å². The van der Waals surface area contributed by atoms with E-state index in [2.05, 4.69) is 16.4 Å². The molecule has 1 fully saturated rings. The van der Waals surface area contributed by atoms with Gasteiger partial charge in [-0.05, 0) is 32.8 Å². The maximum absolute atomic E-state index is 11.5. The van der Waals surface area contributed by atoms with Crippen molar-refractivity contribution in [3.05, 3.63) is 23.0 Å². The molecule has 6 nitrogen and oxygen atoms in total. The molecule has 0 aromatic carbocycles. The van der Waals surface area contributed by atoms with E-state index in [4.69, 9.17) is 4.74 Å². The van der Waals surface area contributed by atoms with Gasteiger partial charge in [0.15, 0.2) is 0 Å².